The third-order valence-electron chi connectivity index (χ3n) is 1.27. The lowest BCUT2D eigenvalue weighted by Crippen LogP contribution is -2.01. The molecule has 0 heterocycles. The Morgan fingerprint density at radius 1 is 1.23 bits per heavy atom. The highest BCUT2D eigenvalue weighted by molar-refractivity contribution is 7.86. The molecule has 1 aromatic rings. The van der Waals surface area contributed by atoms with Crippen LogP contribution in [0.25, 0.3) is 0 Å². The lowest BCUT2D eigenvalue weighted by molar-refractivity contribution is 0.435. The van der Waals surface area contributed by atoms with E-state index in [-0.39, 0.29) is 11.2 Å². The van der Waals surface area contributed by atoms with Gasteiger partial charge in [0.25, 0.3) is 0 Å². The van der Waals surface area contributed by atoms with Crippen LogP contribution >= 0.6 is 0 Å². The maximum absolute atomic E-state index is 11.5. The molecular weight excluding hydrogens is 195 g/mol. The van der Waals surface area contributed by atoms with Gasteiger partial charge in [0.15, 0.2) is 0 Å². The lowest BCUT2D eigenvalue weighted by Gasteiger charge is -2.00. The normalized spacial score (nSPS) is 11.8. The molecular formula is C8H7FO3S. The first-order valence-corrected chi connectivity index (χ1v) is 4.81. The molecule has 0 bridgehead atoms. The Balaban J connectivity index is 2.95. The molecule has 0 amide bonds. The molecule has 0 spiro atoms. The van der Waals surface area contributed by atoms with Crippen LogP contribution in [0.2, 0.25) is 0 Å². The van der Waals surface area contributed by atoms with Gasteiger partial charge in [-0.3, -0.25) is 0 Å². The van der Waals surface area contributed by atoms with E-state index in [0.717, 1.165) is 0 Å². The maximum Gasteiger partial charge on any atom is 0.338 e. The number of rotatable bonds is 3. The fourth-order valence-corrected chi connectivity index (χ4v) is 1.53. The quantitative estimate of drug-likeness (QED) is 0.554. The van der Waals surface area contributed by atoms with Crippen LogP contribution in [0, 0.1) is 0 Å². The summed E-state index contributed by atoms with van der Waals surface area (Å²) in [4.78, 5) is -0.00639. The second-order valence-electron chi connectivity index (χ2n) is 2.13. The minimum atomic E-state index is -3.85. The Labute approximate surface area is 75.6 Å². The van der Waals surface area contributed by atoms with Crippen LogP contribution in [-0.2, 0) is 14.3 Å². The Hall–Kier alpha value is -1.36. The van der Waals surface area contributed by atoms with Crippen molar-refractivity contribution in [2.45, 2.75) is 4.90 Å². The van der Waals surface area contributed by atoms with Gasteiger partial charge >= 0.3 is 10.1 Å². The Morgan fingerprint density at radius 3 is 2.38 bits per heavy atom. The Morgan fingerprint density at radius 2 is 1.85 bits per heavy atom. The molecule has 0 radical (unpaired) electrons. The highest BCUT2D eigenvalue weighted by Crippen LogP contribution is 2.11. The summed E-state index contributed by atoms with van der Waals surface area (Å²) in [5, 5.41) is 0. The van der Waals surface area contributed by atoms with E-state index in [2.05, 4.69) is 4.18 Å². The van der Waals surface area contributed by atoms with E-state index < -0.39 is 10.1 Å². The molecule has 0 N–H and O–H groups in total. The first kappa shape index (κ1) is 9.73. The number of benzene rings is 1. The van der Waals surface area contributed by atoms with E-state index in [1.807, 2.05) is 0 Å². The standard InChI is InChI=1S/C8H7FO3S/c9-6-7-12-13(10,11)8-4-2-1-3-5-8/h1-7H. The van der Waals surface area contributed by atoms with E-state index in [4.69, 9.17) is 0 Å². The number of halogens is 1. The van der Waals surface area contributed by atoms with Crippen LogP contribution in [0.4, 0.5) is 4.39 Å². The highest BCUT2D eigenvalue weighted by Gasteiger charge is 2.12. The molecule has 0 atom stereocenters. The van der Waals surface area contributed by atoms with Gasteiger partial charge in [0.2, 0.25) is 0 Å². The van der Waals surface area contributed by atoms with Crippen molar-refractivity contribution in [3.05, 3.63) is 42.9 Å². The summed E-state index contributed by atoms with van der Waals surface area (Å²) in [6.07, 6.45) is 0.489. The van der Waals surface area contributed by atoms with Gasteiger partial charge in [-0.25, -0.2) is 4.39 Å². The molecule has 0 unspecified atom stereocenters. The topological polar surface area (TPSA) is 43.4 Å². The van der Waals surface area contributed by atoms with Crippen LogP contribution < -0.4 is 0 Å². The molecule has 70 valence electrons. The van der Waals surface area contributed by atoms with E-state index >= 15 is 0 Å². The third kappa shape index (κ3) is 2.55. The summed E-state index contributed by atoms with van der Waals surface area (Å²) in [5.74, 6) is 0. The van der Waals surface area contributed by atoms with Gasteiger partial charge in [0, 0.05) is 0 Å². The summed E-state index contributed by atoms with van der Waals surface area (Å²) in [6.45, 7) is 0. The van der Waals surface area contributed by atoms with Gasteiger partial charge in [0.05, 0.1) is 0 Å². The number of hydrogen-bond acceptors (Lipinski definition) is 3. The van der Waals surface area contributed by atoms with Crippen molar-refractivity contribution in [3.8, 4) is 0 Å². The van der Waals surface area contributed by atoms with Crippen molar-refractivity contribution in [2.24, 2.45) is 0 Å². The lowest BCUT2D eigenvalue weighted by atomic mass is 10.4. The molecule has 0 fully saturated rings. The maximum atomic E-state index is 11.5. The van der Waals surface area contributed by atoms with Crippen LogP contribution in [-0.4, -0.2) is 8.42 Å². The Bertz CT molecular complexity index is 383. The molecule has 1 aromatic carbocycles. The largest absolute Gasteiger partial charge is 0.384 e. The van der Waals surface area contributed by atoms with E-state index in [1.165, 1.54) is 12.1 Å². The number of hydrogen-bond donors (Lipinski definition) is 0. The van der Waals surface area contributed by atoms with Crippen molar-refractivity contribution in [2.75, 3.05) is 0 Å². The van der Waals surface area contributed by atoms with Gasteiger partial charge in [0.1, 0.15) is 17.5 Å². The van der Waals surface area contributed by atoms with Gasteiger partial charge in [-0.05, 0) is 12.1 Å². The average Bonchev–Trinajstić information content (AvgIpc) is 2.16. The molecule has 13 heavy (non-hydrogen) atoms. The minimum Gasteiger partial charge on any atom is -0.384 e. The molecule has 0 saturated heterocycles. The van der Waals surface area contributed by atoms with Crippen LogP contribution in [0.3, 0.4) is 0 Å². The van der Waals surface area contributed by atoms with Crippen LogP contribution in [0.15, 0.2) is 47.8 Å². The van der Waals surface area contributed by atoms with Crippen LogP contribution in [0.1, 0.15) is 0 Å². The van der Waals surface area contributed by atoms with Gasteiger partial charge < -0.3 is 4.18 Å². The molecule has 0 aromatic heterocycles. The molecule has 3 nitrogen and oxygen atoms in total. The third-order valence-corrected chi connectivity index (χ3v) is 2.48. The van der Waals surface area contributed by atoms with E-state index in [1.54, 1.807) is 18.2 Å². The van der Waals surface area contributed by atoms with Crippen molar-refractivity contribution < 1.29 is 17.0 Å². The second kappa shape index (κ2) is 4.04. The van der Waals surface area contributed by atoms with E-state index in [0.29, 0.717) is 6.26 Å². The summed E-state index contributed by atoms with van der Waals surface area (Å²) in [6, 6.07) is 7.50. The summed E-state index contributed by atoms with van der Waals surface area (Å²) in [5.41, 5.74) is 0. The van der Waals surface area contributed by atoms with E-state index in [9.17, 15) is 12.8 Å². The van der Waals surface area contributed by atoms with Gasteiger partial charge in [-0.2, -0.15) is 8.42 Å². The highest BCUT2D eigenvalue weighted by atomic mass is 32.2. The zero-order valence-corrected chi connectivity index (χ0v) is 7.37. The predicted molar refractivity (Wildman–Crippen MR) is 45.0 cm³/mol. The first-order chi connectivity index (χ1) is 6.17. The zero-order valence-electron chi connectivity index (χ0n) is 6.55. The van der Waals surface area contributed by atoms with Crippen molar-refractivity contribution in [1.82, 2.24) is 0 Å². The first-order valence-electron chi connectivity index (χ1n) is 3.40. The van der Waals surface area contributed by atoms with Crippen LogP contribution in [0.5, 0.6) is 0 Å². The summed E-state index contributed by atoms with van der Waals surface area (Å²) < 4.78 is 38.0. The molecule has 1 rings (SSSR count). The van der Waals surface area contributed by atoms with Crippen molar-refractivity contribution >= 4 is 10.1 Å². The molecule has 0 aliphatic rings. The summed E-state index contributed by atoms with van der Waals surface area (Å²) >= 11 is 0. The van der Waals surface area contributed by atoms with Crippen molar-refractivity contribution in [3.63, 3.8) is 0 Å². The Kier molecular flexibility index (Phi) is 3.02. The van der Waals surface area contributed by atoms with Gasteiger partial charge in [-0.1, -0.05) is 18.2 Å². The van der Waals surface area contributed by atoms with Crippen molar-refractivity contribution in [1.29, 1.82) is 0 Å². The SMILES string of the molecule is O=S(=O)(OC=CF)c1ccccc1. The fraction of sp³-hybridized carbons (Fsp3) is 0. The molecule has 0 aliphatic heterocycles. The predicted octanol–water partition coefficient (Wildman–Crippen LogP) is 1.83. The molecule has 0 saturated carbocycles. The second-order valence-corrected chi connectivity index (χ2v) is 3.70. The average molecular weight is 202 g/mol. The minimum absolute atomic E-state index is 0.00639. The monoisotopic (exact) mass is 202 g/mol. The smallest absolute Gasteiger partial charge is 0.338 e. The summed E-state index contributed by atoms with van der Waals surface area (Å²) in [7, 11) is -3.85. The fourth-order valence-electron chi connectivity index (χ4n) is 0.737. The van der Waals surface area contributed by atoms with Gasteiger partial charge in [-0.15, -0.1) is 0 Å². The molecule has 0 aliphatic carbocycles. The molecule has 5 heteroatoms. The zero-order chi connectivity index (χ0) is 9.73.